The van der Waals surface area contributed by atoms with E-state index in [1.54, 1.807) is 18.2 Å². The normalized spacial score (nSPS) is 9.50. The van der Waals surface area contributed by atoms with Crippen LogP contribution in [0.4, 0.5) is 10.5 Å². The quantitative estimate of drug-likeness (QED) is 0.501. The van der Waals surface area contributed by atoms with Crippen molar-refractivity contribution in [2.75, 3.05) is 19.2 Å². The van der Waals surface area contributed by atoms with Gasteiger partial charge in [0.2, 0.25) is 0 Å². The smallest absolute Gasteiger partial charge is 0.321 e. The first-order chi connectivity index (χ1) is 6.74. The molecule has 76 valence electrons. The second-order valence-corrected chi connectivity index (χ2v) is 2.58. The van der Waals surface area contributed by atoms with Crippen LogP contribution in [0.3, 0.4) is 0 Å². The van der Waals surface area contributed by atoms with Gasteiger partial charge < -0.3 is 20.5 Å². The summed E-state index contributed by atoms with van der Waals surface area (Å²) in [6.45, 7) is 0.124. The number of phenols is 1. The molecule has 5 nitrogen and oxygen atoms in total. The number of rotatable bonds is 3. The van der Waals surface area contributed by atoms with Gasteiger partial charge in [-0.05, 0) is 12.1 Å². The molecule has 0 bridgehead atoms. The second-order valence-electron chi connectivity index (χ2n) is 2.58. The summed E-state index contributed by atoms with van der Waals surface area (Å²) >= 11 is 0. The Morgan fingerprint density at radius 3 is 2.86 bits per heavy atom. The monoisotopic (exact) mass is 196 g/mol. The summed E-state index contributed by atoms with van der Waals surface area (Å²) in [5.41, 5.74) is 0.362. The van der Waals surface area contributed by atoms with E-state index >= 15 is 0 Å². The first-order valence-electron chi connectivity index (χ1n) is 4.06. The van der Waals surface area contributed by atoms with Crippen LogP contribution in [0.2, 0.25) is 0 Å². The molecule has 0 aromatic heterocycles. The number of carbonyl (C=O) groups excluding carboxylic acids is 1. The topological polar surface area (TPSA) is 70.6 Å². The van der Waals surface area contributed by atoms with E-state index in [1.807, 2.05) is 0 Å². The van der Waals surface area contributed by atoms with Crippen molar-refractivity contribution < 1.29 is 14.6 Å². The van der Waals surface area contributed by atoms with Crippen molar-refractivity contribution in [1.29, 1.82) is 0 Å². The number of urea groups is 1. The Morgan fingerprint density at radius 2 is 2.21 bits per heavy atom. The van der Waals surface area contributed by atoms with Gasteiger partial charge in [-0.1, -0.05) is 12.1 Å². The first kappa shape index (κ1) is 10.3. The number of amides is 2. The minimum absolute atomic E-state index is 0.0278. The second kappa shape index (κ2) is 5.08. The van der Waals surface area contributed by atoms with Gasteiger partial charge in [-0.25, -0.2) is 4.79 Å². The number of carbonyl (C=O) groups is 1. The van der Waals surface area contributed by atoms with E-state index in [0.29, 0.717) is 5.69 Å². The number of phenolic OH excluding ortho intramolecular Hbond substituents is 1. The first-order valence-corrected chi connectivity index (χ1v) is 4.06. The summed E-state index contributed by atoms with van der Waals surface area (Å²) in [5, 5.41) is 14.2. The lowest BCUT2D eigenvalue weighted by atomic mass is 10.3. The Morgan fingerprint density at radius 1 is 1.50 bits per heavy atom. The van der Waals surface area contributed by atoms with Crippen molar-refractivity contribution in [2.45, 2.75) is 0 Å². The minimum Gasteiger partial charge on any atom is -0.506 e. The number of nitrogens with one attached hydrogen (secondary N) is 2. The summed E-state index contributed by atoms with van der Waals surface area (Å²) in [4.78, 5) is 11.1. The molecular weight excluding hydrogens is 184 g/mol. The Bertz CT molecular complexity index is 315. The van der Waals surface area contributed by atoms with Crippen LogP contribution in [0.25, 0.3) is 0 Å². The van der Waals surface area contributed by atoms with Crippen LogP contribution in [-0.4, -0.2) is 25.0 Å². The van der Waals surface area contributed by atoms with Gasteiger partial charge in [0.25, 0.3) is 0 Å². The van der Waals surface area contributed by atoms with Crippen LogP contribution < -0.4 is 10.6 Å². The number of para-hydroxylation sites is 2. The predicted molar refractivity (Wildman–Crippen MR) is 52.1 cm³/mol. The fourth-order valence-electron chi connectivity index (χ4n) is 0.884. The van der Waals surface area contributed by atoms with Crippen LogP contribution in [0.15, 0.2) is 24.3 Å². The molecule has 1 aromatic rings. The highest BCUT2D eigenvalue weighted by molar-refractivity contribution is 5.90. The lowest BCUT2D eigenvalue weighted by molar-refractivity contribution is 0.177. The van der Waals surface area contributed by atoms with Crippen LogP contribution in [-0.2, 0) is 4.74 Å². The molecule has 1 rings (SSSR count). The van der Waals surface area contributed by atoms with Crippen LogP contribution in [0, 0.1) is 0 Å². The van der Waals surface area contributed by atoms with Gasteiger partial charge in [-0.15, -0.1) is 0 Å². The van der Waals surface area contributed by atoms with E-state index in [2.05, 4.69) is 15.4 Å². The predicted octanol–water partition coefficient (Wildman–Crippen LogP) is 1.12. The van der Waals surface area contributed by atoms with Gasteiger partial charge in [-0.2, -0.15) is 0 Å². The molecular formula is C9H12N2O3. The average Bonchev–Trinajstić information content (AvgIpc) is 2.18. The molecule has 0 spiro atoms. The molecule has 2 amide bonds. The summed E-state index contributed by atoms with van der Waals surface area (Å²) < 4.78 is 4.65. The minimum atomic E-state index is -0.423. The summed E-state index contributed by atoms with van der Waals surface area (Å²) in [7, 11) is 1.47. The highest BCUT2D eigenvalue weighted by atomic mass is 16.5. The van der Waals surface area contributed by atoms with Crippen molar-refractivity contribution in [2.24, 2.45) is 0 Å². The van der Waals surface area contributed by atoms with Crippen molar-refractivity contribution in [3.63, 3.8) is 0 Å². The maximum atomic E-state index is 11.1. The fraction of sp³-hybridized carbons (Fsp3) is 0.222. The number of ether oxygens (including phenoxy) is 1. The van der Waals surface area contributed by atoms with Gasteiger partial charge in [0.05, 0.1) is 5.69 Å². The molecule has 0 atom stereocenters. The lowest BCUT2D eigenvalue weighted by Crippen LogP contribution is -2.30. The summed E-state index contributed by atoms with van der Waals surface area (Å²) in [6, 6.07) is 6.06. The lowest BCUT2D eigenvalue weighted by Gasteiger charge is -2.07. The molecule has 0 fully saturated rings. The number of hydrogen-bond donors (Lipinski definition) is 3. The molecule has 0 aliphatic rings. The highest BCUT2D eigenvalue weighted by Gasteiger charge is 2.03. The van der Waals surface area contributed by atoms with Crippen LogP contribution >= 0.6 is 0 Å². The largest absolute Gasteiger partial charge is 0.506 e. The van der Waals surface area contributed by atoms with Crippen molar-refractivity contribution in [3.05, 3.63) is 24.3 Å². The highest BCUT2D eigenvalue weighted by Crippen LogP contribution is 2.20. The van der Waals surface area contributed by atoms with Gasteiger partial charge >= 0.3 is 6.03 Å². The van der Waals surface area contributed by atoms with Gasteiger partial charge in [0, 0.05) is 7.11 Å². The zero-order valence-electron chi connectivity index (χ0n) is 7.78. The Hall–Kier alpha value is -1.75. The zero-order valence-corrected chi connectivity index (χ0v) is 7.78. The van der Waals surface area contributed by atoms with E-state index in [9.17, 15) is 9.90 Å². The van der Waals surface area contributed by atoms with Crippen LogP contribution in [0.1, 0.15) is 0 Å². The van der Waals surface area contributed by atoms with Gasteiger partial charge in [0.1, 0.15) is 12.5 Å². The Kier molecular flexibility index (Phi) is 3.75. The zero-order chi connectivity index (χ0) is 10.4. The third-order valence-corrected chi connectivity index (χ3v) is 1.53. The number of aromatic hydroxyl groups is 1. The maximum Gasteiger partial charge on any atom is 0.321 e. The van der Waals surface area contributed by atoms with E-state index in [4.69, 9.17) is 0 Å². The average molecular weight is 196 g/mol. The van der Waals surface area contributed by atoms with Gasteiger partial charge in [0.15, 0.2) is 0 Å². The molecule has 0 saturated carbocycles. The molecule has 1 aromatic carbocycles. The van der Waals surface area contributed by atoms with Crippen LogP contribution in [0.5, 0.6) is 5.75 Å². The van der Waals surface area contributed by atoms with E-state index in [0.717, 1.165) is 0 Å². The maximum absolute atomic E-state index is 11.1. The van der Waals surface area contributed by atoms with Crippen molar-refractivity contribution in [3.8, 4) is 5.75 Å². The standard InChI is InChI=1S/C9H12N2O3/c1-14-6-10-9(13)11-7-4-2-3-5-8(7)12/h2-5,12H,6H2,1H3,(H2,10,11,13). The van der Waals surface area contributed by atoms with E-state index in [-0.39, 0.29) is 12.5 Å². The fourth-order valence-corrected chi connectivity index (χ4v) is 0.884. The number of methoxy groups -OCH3 is 1. The molecule has 0 radical (unpaired) electrons. The molecule has 3 N–H and O–H groups in total. The molecule has 0 aliphatic heterocycles. The SMILES string of the molecule is COCNC(=O)Nc1ccccc1O. The number of anilines is 1. The Balaban J connectivity index is 2.52. The molecule has 0 saturated heterocycles. The molecule has 0 aliphatic carbocycles. The molecule has 14 heavy (non-hydrogen) atoms. The van der Waals surface area contributed by atoms with Crippen molar-refractivity contribution in [1.82, 2.24) is 5.32 Å². The van der Waals surface area contributed by atoms with Gasteiger partial charge in [-0.3, -0.25) is 0 Å². The number of benzene rings is 1. The molecule has 5 heteroatoms. The van der Waals surface area contributed by atoms with Crippen molar-refractivity contribution >= 4 is 11.7 Å². The summed E-state index contributed by atoms with van der Waals surface area (Å²) in [5.74, 6) is 0.0278. The summed E-state index contributed by atoms with van der Waals surface area (Å²) in [6.07, 6.45) is 0. The molecule has 0 unspecified atom stereocenters. The molecule has 0 heterocycles. The van der Waals surface area contributed by atoms with E-state index in [1.165, 1.54) is 13.2 Å². The third-order valence-electron chi connectivity index (χ3n) is 1.53. The van der Waals surface area contributed by atoms with E-state index < -0.39 is 6.03 Å². The third kappa shape index (κ3) is 2.95. The number of hydrogen-bond acceptors (Lipinski definition) is 3. The Labute approximate surface area is 81.7 Å².